The molecule has 0 nitrogen and oxygen atoms in total. The molecule has 62 valence electrons. The van der Waals surface area contributed by atoms with Crippen molar-refractivity contribution in [3.8, 4) is 0 Å². The Balaban J connectivity index is 2.07. The van der Waals surface area contributed by atoms with Crippen LogP contribution in [0.15, 0.2) is 48.6 Å². The molecule has 0 saturated heterocycles. The second kappa shape index (κ2) is 3.57. The molecule has 0 fully saturated rings. The van der Waals surface area contributed by atoms with Crippen molar-refractivity contribution in [3.05, 3.63) is 48.6 Å². The van der Waals surface area contributed by atoms with Crippen molar-refractivity contribution in [2.75, 3.05) is 0 Å². The summed E-state index contributed by atoms with van der Waals surface area (Å²) in [5.74, 6) is 1.21. The summed E-state index contributed by atoms with van der Waals surface area (Å²) < 4.78 is 0. The topological polar surface area (TPSA) is 0 Å². The maximum Gasteiger partial charge on any atom is 0.00443 e. The molecule has 0 N–H and O–H groups in total. The van der Waals surface area contributed by atoms with Crippen LogP contribution in [0.3, 0.4) is 0 Å². The summed E-state index contributed by atoms with van der Waals surface area (Å²) in [5.41, 5.74) is 0. The first-order valence-corrected chi connectivity index (χ1v) is 4.63. The van der Waals surface area contributed by atoms with Crippen molar-refractivity contribution < 1.29 is 0 Å². The molecule has 0 radical (unpaired) electrons. The predicted octanol–water partition coefficient (Wildman–Crippen LogP) is 3.25. The zero-order valence-electron chi connectivity index (χ0n) is 7.19. The Bertz CT molecular complexity index is 201. The molecule has 0 heterocycles. The molecular formula is C12H14. The first-order chi connectivity index (χ1) is 5.97. The lowest BCUT2D eigenvalue weighted by molar-refractivity contribution is 0.657. The predicted molar refractivity (Wildman–Crippen MR) is 52.8 cm³/mol. The molecule has 0 unspecified atom stereocenters. The van der Waals surface area contributed by atoms with Crippen molar-refractivity contribution >= 4 is 0 Å². The molecule has 0 atom stereocenters. The van der Waals surface area contributed by atoms with Gasteiger partial charge in [0.25, 0.3) is 0 Å². The molecule has 2 aliphatic rings. The van der Waals surface area contributed by atoms with Crippen molar-refractivity contribution in [1.29, 1.82) is 0 Å². The average Bonchev–Trinajstić information content (AvgIpc) is 2.21. The molecule has 0 saturated carbocycles. The lowest BCUT2D eigenvalue weighted by Gasteiger charge is -2.18. The Morgan fingerprint density at radius 3 is 1.25 bits per heavy atom. The molecule has 0 aromatic carbocycles. The van der Waals surface area contributed by atoms with Crippen LogP contribution in [0.1, 0.15) is 12.8 Å². The van der Waals surface area contributed by atoms with E-state index in [-0.39, 0.29) is 0 Å². The minimum absolute atomic E-state index is 0.603. The van der Waals surface area contributed by atoms with Crippen molar-refractivity contribution in [1.82, 2.24) is 0 Å². The third kappa shape index (κ3) is 1.58. The zero-order chi connectivity index (χ0) is 8.23. The molecule has 0 heteroatoms. The van der Waals surface area contributed by atoms with Gasteiger partial charge in [-0.3, -0.25) is 0 Å². The van der Waals surface area contributed by atoms with Gasteiger partial charge in [0.1, 0.15) is 0 Å². The van der Waals surface area contributed by atoms with Gasteiger partial charge in [0.05, 0.1) is 0 Å². The fourth-order valence-corrected chi connectivity index (χ4v) is 1.74. The van der Waals surface area contributed by atoms with Crippen LogP contribution in [0.2, 0.25) is 0 Å². The van der Waals surface area contributed by atoms with E-state index in [4.69, 9.17) is 0 Å². The lowest BCUT2D eigenvalue weighted by atomic mass is 9.86. The van der Waals surface area contributed by atoms with Gasteiger partial charge < -0.3 is 0 Å². The van der Waals surface area contributed by atoms with Gasteiger partial charge in [-0.05, 0) is 12.8 Å². The molecule has 2 rings (SSSR count). The van der Waals surface area contributed by atoms with Crippen LogP contribution in [0.4, 0.5) is 0 Å². The van der Waals surface area contributed by atoms with Gasteiger partial charge in [-0.2, -0.15) is 0 Å². The second-order valence-corrected chi connectivity index (χ2v) is 3.34. The van der Waals surface area contributed by atoms with E-state index in [0.29, 0.717) is 11.8 Å². The van der Waals surface area contributed by atoms with Crippen LogP contribution in [0.25, 0.3) is 0 Å². The lowest BCUT2D eigenvalue weighted by Crippen LogP contribution is -2.08. The molecule has 0 aromatic heterocycles. The van der Waals surface area contributed by atoms with E-state index in [2.05, 4.69) is 48.6 Å². The zero-order valence-corrected chi connectivity index (χ0v) is 7.19. The SMILES string of the molecule is C1=CC(C2C=CCC=C2)C=CC1. The van der Waals surface area contributed by atoms with E-state index < -0.39 is 0 Å². The van der Waals surface area contributed by atoms with E-state index >= 15 is 0 Å². The summed E-state index contributed by atoms with van der Waals surface area (Å²) >= 11 is 0. The number of hydrogen-bond acceptors (Lipinski definition) is 0. The molecule has 2 aliphatic carbocycles. The number of allylic oxidation sites excluding steroid dienone is 8. The van der Waals surface area contributed by atoms with Gasteiger partial charge in [0, 0.05) is 11.8 Å². The van der Waals surface area contributed by atoms with Crippen molar-refractivity contribution in [3.63, 3.8) is 0 Å². The summed E-state index contributed by atoms with van der Waals surface area (Å²) in [6.07, 6.45) is 20.5. The van der Waals surface area contributed by atoms with Crippen LogP contribution in [-0.2, 0) is 0 Å². The molecule has 0 aliphatic heterocycles. The summed E-state index contributed by atoms with van der Waals surface area (Å²) in [6, 6.07) is 0. The minimum atomic E-state index is 0.603. The molecular weight excluding hydrogens is 144 g/mol. The van der Waals surface area contributed by atoms with Crippen LogP contribution in [0, 0.1) is 11.8 Å². The van der Waals surface area contributed by atoms with Gasteiger partial charge in [0.2, 0.25) is 0 Å². The monoisotopic (exact) mass is 158 g/mol. The largest absolute Gasteiger partial charge is 0.0841 e. The minimum Gasteiger partial charge on any atom is -0.0841 e. The van der Waals surface area contributed by atoms with Crippen LogP contribution in [-0.4, -0.2) is 0 Å². The standard InChI is InChI=1S/C12H14/c1-3-7-11(8-4-1)12-9-5-2-6-10-12/h3-12H,1-2H2. The van der Waals surface area contributed by atoms with Crippen LogP contribution < -0.4 is 0 Å². The fraction of sp³-hybridized carbons (Fsp3) is 0.333. The normalized spacial score (nSPS) is 23.7. The molecule has 0 bridgehead atoms. The van der Waals surface area contributed by atoms with Gasteiger partial charge in [-0.15, -0.1) is 0 Å². The molecule has 0 aromatic rings. The smallest absolute Gasteiger partial charge is 0.00443 e. The average molecular weight is 158 g/mol. The van der Waals surface area contributed by atoms with Gasteiger partial charge in [0.15, 0.2) is 0 Å². The third-order valence-electron chi connectivity index (χ3n) is 2.42. The Kier molecular flexibility index (Phi) is 2.26. The van der Waals surface area contributed by atoms with Gasteiger partial charge in [-0.25, -0.2) is 0 Å². The summed E-state index contributed by atoms with van der Waals surface area (Å²) in [7, 11) is 0. The number of rotatable bonds is 1. The Hall–Kier alpha value is -1.04. The maximum absolute atomic E-state index is 2.31. The van der Waals surface area contributed by atoms with Crippen molar-refractivity contribution in [2.24, 2.45) is 11.8 Å². The first kappa shape index (κ1) is 7.60. The maximum atomic E-state index is 2.31. The van der Waals surface area contributed by atoms with E-state index in [1.807, 2.05) is 0 Å². The highest BCUT2D eigenvalue weighted by Gasteiger charge is 2.12. The molecule has 0 amide bonds. The van der Waals surface area contributed by atoms with Crippen LogP contribution in [0.5, 0.6) is 0 Å². The highest BCUT2D eigenvalue weighted by molar-refractivity contribution is 5.20. The Labute approximate surface area is 74.0 Å². The molecule has 12 heavy (non-hydrogen) atoms. The quantitative estimate of drug-likeness (QED) is 0.514. The Morgan fingerprint density at radius 2 is 0.917 bits per heavy atom. The van der Waals surface area contributed by atoms with Crippen LogP contribution >= 0.6 is 0 Å². The second-order valence-electron chi connectivity index (χ2n) is 3.34. The number of hydrogen-bond donors (Lipinski definition) is 0. The Morgan fingerprint density at radius 1 is 0.583 bits per heavy atom. The van der Waals surface area contributed by atoms with E-state index in [9.17, 15) is 0 Å². The van der Waals surface area contributed by atoms with Gasteiger partial charge in [-0.1, -0.05) is 48.6 Å². The highest BCUT2D eigenvalue weighted by atomic mass is 14.2. The summed E-state index contributed by atoms with van der Waals surface area (Å²) in [6.45, 7) is 0. The summed E-state index contributed by atoms with van der Waals surface area (Å²) in [4.78, 5) is 0. The van der Waals surface area contributed by atoms with Crippen molar-refractivity contribution in [2.45, 2.75) is 12.8 Å². The summed E-state index contributed by atoms with van der Waals surface area (Å²) in [5, 5.41) is 0. The third-order valence-corrected chi connectivity index (χ3v) is 2.42. The van der Waals surface area contributed by atoms with Gasteiger partial charge >= 0.3 is 0 Å². The van der Waals surface area contributed by atoms with E-state index in [0.717, 1.165) is 12.8 Å². The van der Waals surface area contributed by atoms with E-state index in [1.54, 1.807) is 0 Å². The highest BCUT2D eigenvalue weighted by Crippen LogP contribution is 2.24. The van der Waals surface area contributed by atoms with E-state index in [1.165, 1.54) is 0 Å². The fourth-order valence-electron chi connectivity index (χ4n) is 1.74. The molecule has 0 spiro atoms. The first-order valence-electron chi connectivity index (χ1n) is 4.63.